The number of halogens is 1. The molecule has 0 saturated carbocycles. The molecule has 0 spiro atoms. The van der Waals surface area contributed by atoms with Crippen LogP contribution in [0.1, 0.15) is 35.5 Å². The normalized spacial score (nSPS) is 14.0. The van der Waals surface area contributed by atoms with Gasteiger partial charge >= 0.3 is 0 Å². The first kappa shape index (κ1) is 24.4. The molecule has 0 radical (unpaired) electrons. The maximum Gasteiger partial charge on any atom is 0.191 e. The molecule has 0 bridgehead atoms. The molecule has 28 heavy (non-hydrogen) atoms. The summed E-state index contributed by atoms with van der Waals surface area (Å²) in [6.45, 7) is 7.10. The van der Waals surface area contributed by atoms with Gasteiger partial charge in [-0.2, -0.15) is 10.2 Å². The second kappa shape index (κ2) is 10.8. The van der Waals surface area contributed by atoms with E-state index in [0.29, 0.717) is 0 Å². The number of nitrogens with zero attached hydrogens (tertiary/aromatic N) is 6. The quantitative estimate of drug-likeness (QED) is 0.343. The molecule has 2 aromatic heterocycles. The highest BCUT2D eigenvalue weighted by Crippen LogP contribution is 2.16. The Bertz CT molecular complexity index is 777. The van der Waals surface area contributed by atoms with Crippen LogP contribution in [0.15, 0.2) is 17.4 Å². The Morgan fingerprint density at radius 2 is 1.96 bits per heavy atom. The van der Waals surface area contributed by atoms with Gasteiger partial charge in [0.05, 0.1) is 17.9 Å². The fourth-order valence-electron chi connectivity index (χ4n) is 3.30. The van der Waals surface area contributed by atoms with Crippen molar-refractivity contribution in [3.8, 4) is 0 Å². The molecule has 0 saturated heterocycles. The lowest BCUT2D eigenvalue weighted by Gasteiger charge is -2.25. The van der Waals surface area contributed by atoms with Gasteiger partial charge in [0, 0.05) is 51.2 Å². The summed E-state index contributed by atoms with van der Waals surface area (Å²) in [5.41, 5.74) is 4.79. The number of rotatable bonds is 7. The highest BCUT2D eigenvalue weighted by Gasteiger charge is 2.18. The molecule has 0 aliphatic heterocycles. The van der Waals surface area contributed by atoms with Crippen LogP contribution in [0.25, 0.3) is 0 Å². The Kier molecular flexibility index (Phi) is 9.42. The summed E-state index contributed by atoms with van der Waals surface area (Å²) in [6, 6.07) is 0.462. The van der Waals surface area contributed by atoms with E-state index in [2.05, 4.69) is 71.8 Å². The van der Waals surface area contributed by atoms with Crippen LogP contribution in [-0.2, 0) is 20.5 Å². The van der Waals surface area contributed by atoms with Gasteiger partial charge < -0.3 is 15.5 Å². The molecule has 0 aliphatic rings. The van der Waals surface area contributed by atoms with Gasteiger partial charge in [0.25, 0.3) is 0 Å². The predicted molar refractivity (Wildman–Crippen MR) is 125 cm³/mol. The van der Waals surface area contributed by atoms with E-state index in [4.69, 9.17) is 0 Å². The van der Waals surface area contributed by atoms with Gasteiger partial charge in [0.2, 0.25) is 0 Å². The number of hydrogen-bond acceptors (Lipinski definition) is 4. The van der Waals surface area contributed by atoms with Crippen molar-refractivity contribution >= 4 is 29.9 Å². The molecule has 0 aliphatic carbocycles. The van der Waals surface area contributed by atoms with Gasteiger partial charge in [-0.3, -0.25) is 14.4 Å². The molecule has 0 amide bonds. The fraction of sp³-hybridized carbons (Fsp3) is 0.632. The summed E-state index contributed by atoms with van der Waals surface area (Å²) in [4.78, 5) is 6.57. The van der Waals surface area contributed by atoms with Gasteiger partial charge in [-0.15, -0.1) is 24.0 Å². The first-order valence-corrected chi connectivity index (χ1v) is 9.34. The summed E-state index contributed by atoms with van der Waals surface area (Å²) in [5, 5.41) is 15.7. The maximum atomic E-state index is 4.51. The average molecular weight is 502 g/mol. The second-order valence-corrected chi connectivity index (χ2v) is 7.40. The first-order chi connectivity index (χ1) is 12.7. The molecule has 0 aromatic carbocycles. The highest BCUT2D eigenvalue weighted by molar-refractivity contribution is 14.0. The molecular formula is C19H35IN8. The lowest BCUT2D eigenvalue weighted by Crippen LogP contribution is -2.45. The highest BCUT2D eigenvalue weighted by atomic mass is 127. The molecule has 2 atom stereocenters. The van der Waals surface area contributed by atoms with Crippen LogP contribution in [0.5, 0.6) is 0 Å². The van der Waals surface area contributed by atoms with Crippen LogP contribution in [0.4, 0.5) is 0 Å². The Labute approximate surface area is 185 Å². The second-order valence-electron chi connectivity index (χ2n) is 7.40. The van der Waals surface area contributed by atoms with Crippen LogP contribution in [0.2, 0.25) is 0 Å². The third-order valence-corrected chi connectivity index (χ3v) is 4.97. The van der Waals surface area contributed by atoms with Gasteiger partial charge in [-0.25, -0.2) is 0 Å². The Morgan fingerprint density at radius 1 is 1.29 bits per heavy atom. The van der Waals surface area contributed by atoms with Crippen LogP contribution in [-0.4, -0.2) is 64.2 Å². The number of aryl methyl sites for hydroxylation is 3. The molecule has 2 heterocycles. The number of guanidine groups is 1. The van der Waals surface area contributed by atoms with Gasteiger partial charge in [0.15, 0.2) is 5.96 Å². The van der Waals surface area contributed by atoms with Crippen molar-refractivity contribution in [1.29, 1.82) is 0 Å². The molecule has 2 aromatic rings. The van der Waals surface area contributed by atoms with Crippen molar-refractivity contribution in [2.24, 2.45) is 19.1 Å². The maximum absolute atomic E-state index is 4.51. The van der Waals surface area contributed by atoms with Gasteiger partial charge in [0.1, 0.15) is 0 Å². The van der Waals surface area contributed by atoms with E-state index >= 15 is 0 Å². The van der Waals surface area contributed by atoms with E-state index in [9.17, 15) is 0 Å². The summed E-state index contributed by atoms with van der Waals surface area (Å²) in [7, 11) is 9.88. The van der Waals surface area contributed by atoms with Crippen molar-refractivity contribution in [3.63, 3.8) is 0 Å². The largest absolute Gasteiger partial charge is 0.354 e. The minimum atomic E-state index is 0. The van der Waals surface area contributed by atoms with E-state index in [0.717, 1.165) is 24.6 Å². The summed E-state index contributed by atoms with van der Waals surface area (Å²) in [6.07, 6.45) is 4.88. The van der Waals surface area contributed by atoms with Crippen LogP contribution >= 0.6 is 24.0 Å². The van der Waals surface area contributed by atoms with Crippen LogP contribution in [0.3, 0.4) is 0 Å². The van der Waals surface area contributed by atoms with Crippen molar-refractivity contribution in [2.45, 2.75) is 39.3 Å². The van der Waals surface area contributed by atoms with Crippen molar-refractivity contribution in [1.82, 2.24) is 35.1 Å². The molecule has 2 unspecified atom stereocenters. The van der Waals surface area contributed by atoms with Gasteiger partial charge in [-0.1, -0.05) is 0 Å². The molecule has 9 heteroatoms. The number of hydrogen-bond donors (Lipinski definition) is 2. The molecule has 158 valence electrons. The third kappa shape index (κ3) is 6.20. The fourth-order valence-corrected chi connectivity index (χ4v) is 3.30. The Balaban J connectivity index is 0.00000392. The lowest BCUT2D eigenvalue weighted by atomic mass is 10.1. The van der Waals surface area contributed by atoms with Crippen molar-refractivity contribution in [2.75, 3.05) is 27.7 Å². The zero-order chi connectivity index (χ0) is 20.1. The SMILES string of the molecule is CN=C(NCC(c1cnn(C)c1)N(C)C)NC(C)Cc1c(C)nn(C)c1C.I. The third-order valence-electron chi connectivity index (χ3n) is 4.97. The Hall–Kier alpha value is -1.62. The smallest absolute Gasteiger partial charge is 0.191 e. The lowest BCUT2D eigenvalue weighted by molar-refractivity contribution is 0.298. The average Bonchev–Trinajstić information content (AvgIpc) is 3.12. The molecule has 8 nitrogen and oxygen atoms in total. The van der Waals surface area contributed by atoms with Crippen molar-refractivity contribution < 1.29 is 0 Å². The molecular weight excluding hydrogens is 467 g/mol. The summed E-state index contributed by atoms with van der Waals surface area (Å²) in [5.74, 6) is 0.803. The molecule has 2 N–H and O–H groups in total. The topological polar surface area (TPSA) is 75.3 Å². The van der Waals surface area contributed by atoms with E-state index in [1.165, 1.54) is 16.8 Å². The minimum absolute atomic E-state index is 0. The minimum Gasteiger partial charge on any atom is -0.354 e. The number of nitrogens with one attached hydrogen (secondary N) is 2. The number of aromatic nitrogens is 4. The van der Waals surface area contributed by atoms with E-state index in [-0.39, 0.29) is 36.1 Å². The zero-order valence-electron chi connectivity index (χ0n) is 18.3. The first-order valence-electron chi connectivity index (χ1n) is 9.34. The zero-order valence-corrected chi connectivity index (χ0v) is 20.6. The molecule has 0 fully saturated rings. The van der Waals surface area contributed by atoms with Crippen LogP contribution < -0.4 is 10.6 Å². The van der Waals surface area contributed by atoms with E-state index in [1.54, 1.807) is 7.05 Å². The monoisotopic (exact) mass is 502 g/mol. The molecule has 2 rings (SSSR count). The predicted octanol–water partition coefficient (Wildman–Crippen LogP) is 1.79. The van der Waals surface area contributed by atoms with E-state index in [1.807, 2.05) is 29.7 Å². The van der Waals surface area contributed by atoms with E-state index < -0.39 is 0 Å². The standard InChI is InChI=1S/C19H34N8.HI/c1-13(9-17-14(2)24-27(8)15(17)3)23-19(20-4)21-11-18(25(5)6)16-10-22-26(7)12-16;/h10,12-13,18H,9,11H2,1-8H3,(H2,20,21,23);1H. The summed E-state index contributed by atoms with van der Waals surface area (Å²) >= 11 is 0. The van der Waals surface area contributed by atoms with Gasteiger partial charge in [-0.05, 0) is 46.9 Å². The number of likely N-dealkylation sites (N-methyl/N-ethyl adjacent to an activating group) is 1. The Morgan fingerprint density at radius 3 is 2.43 bits per heavy atom. The summed E-state index contributed by atoms with van der Waals surface area (Å²) < 4.78 is 3.78. The number of aliphatic imine (C=N–C) groups is 1. The van der Waals surface area contributed by atoms with Crippen molar-refractivity contribution in [3.05, 3.63) is 34.9 Å². The van der Waals surface area contributed by atoms with Crippen LogP contribution in [0, 0.1) is 13.8 Å².